The molecule has 0 aliphatic heterocycles. The number of halogens is 13. The molecule has 0 aliphatic rings. The zero-order valence-electron chi connectivity index (χ0n) is 13.9. The van der Waals surface area contributed by atoms with Crippen LogP contribution in [0.1, 0.15) is 0 Å². The SMILES string of the molecule is O=C(Nc1cc([N+](=O)[O-])ccc1Cl)C(F)(F)C(F)(F)C(F)(F)C(F)(F)C(F)(F)C(F)F. The number of carbonyl (C=O) groups excluding carboxylic acids is 1. The molecule has 1 rings (SSSR count). The van der Waals surface area contributed by atoms with Gasteiger partial charge in [0.1, 0.15) is 0 Å². The van der Waals surface area contributed by atoms with Gasteiger partial charge in [-0.05, 0) is 6.07 Å². The van der Waals surface area contributed by atoms with Crippen LogP contribution in [0.3, 0.4) is 0 Å². The second-order valence-electron chi connectivity index (χ2n) is 5.60. The number of amides is 1. The Bertz CT molecular complexity index is 877. The van der Waals surface area contributed by atoms with Gasteiger partial charge in [-0.15, -0.1) is 0 Å². The van der Waals surface area contributed by atoms with Crippen LogP contribution in [-0.2, 0) is 4.79 Å². The number of anilines is 1. The normalized spacial score (nSPS) is 14.0. The topological polar surface area (TPSA) is 72.2 Å². The molecule has 0 aliphatic carbocycles. The number of rotatable bonds is 8. The van der Waals surface area contributed by atoms with E-state index in [-0.39, 0.29) is 6.07 Å². The molecule has 1 N–H and O–H groups in total. The molecule has 1 aromatic rings. The molecule has 0 atom stereocenters. The Hall–Kier alpha value is -2.46. The highest BCUT2D eigenvalue weighted by Crippen LogP contribution is 2.58. The number of non-ortho nitro benzene ring substituents is 1. The summed E-state index contributed by atoms with van der Waals surface area (Å²) in [6.07, 6.45) is -5.68. The summed E-state index contributed by atoms with van der Waals surface area (Å²) < 4.78 is 157. The predicted octanol–water partition coefficient (Wildman–Crippen LogP) is 5.63. The number of hydrogen-bond donors (Lipinski definition) is 1. The first-order valence-corrected chi connectivity index (χ1v) is 7.46. The summed E-state index contributed by atoms with van der Waals surface area (Å²) in [6, 6.07) is 1.34. The highest BCUT2D eigenvalue weighted by atomic mass is 35.5. The molecule has 0 unspecified atom stereocenters. The van der Waals surface area contributed by atoms with Crippen LogP contribution in [0.15, 0.2) is 18.2 Å². The lowest BCUT2D eigenvalue weighted by molar-refractivity contribution is -0.406. The van der Waals surface area contributed by atoms with Crippen molar-refractivity contribution in [2.45, 2.75) is 36.0 Å². The van der Waals surface area contributed by atoms with E-state index in [9.17, 15) is 67.6 Å². The molecule has 0 saturated heterocycles. The van der Waals surface area contributed by atoms with Gasteiger partial charge in [0.25, 0.3) is 5.69 Å². The van der Waals surface area contributed by atoms with Gasteiger partial charge in [0.05, 0.1) is 15.6 Å². The molecule has 5 nitrogen and oxygen atoms in total. The quantitative estimate of drug-likeness (QED) is 0.286. The summed E-state index contributed by atoms with van der Waals surface area (Å²) in [5, 5.41) is 10.4. The van der Waals surface area contributed by atoms with Crippen molar-refractivity contribution in [1.29, 1.82) is 0 Å². The minimum Gasteiger partial charge on any atom is -0.319 e. The summed E-state index contributed by atoms with van der Waals surface area (Å²) >= 11 is 5.35. The Labute approximate surface area is 167 Å². The monoisotopic (exact) mass is 500 g/mol. The fraction of sp³-hybridized carbons (Fsp3) is 0.462. The number of nitro groups is 1. The van der Waals surface area contributed by atoms with Crippen molar-refractivity contribution in [1.82, 2.24) is 0 Å². The summed E-state index contributed by atoms with van der Waals surface area (Å²) in [6.45, 7) is 0. The average molecular weight is 501 g/mol. The van der Waals surface area contributed by atoms with Gasteiger partial charge in [-0.3, -0.25) is 14.9 Å². The number of alkyl halides is 12. The molecule has 0 heterocycles. The van der Waals surface area contributed by atoms with Gasteiger partial charge in [-0.2, -0.15) is 43.9 Å². The first-order chi connectivity index (χ1) is 13.7. The minimum atomic E-state index is -7.90. The maximum atomic E-state index is 13.7. The Morgan fingerprint density at radius 1 is 0.935 bits per heavy atom. The van der Waals surface area contributed by atoms with E-state index in [1.165, 1.54) is 0 Å². The van der Waals surface area contributed by atoms with Crippen LogP contribution in [0.5, 0.6) is 0 Å². The van der Waals surface area contributed by atoms with Crippen molar-refractivity contribution in [2.24, 2.45) is 0 Å². The molecule has 0 bridgehead atoms. The maximum Gasteiger partial charge on any atom is 0.393 e. The molecule has 176 valence electrons. The molecule has 1 amide bonds. The van der Waals surface area contributed by atoms with Gasteiger partial charge in [0.2, 0.25) is 0 Å². The van der Waals surface area contributed by atoms with E-state index < -0.39 is 63.3 Å². The Kier molecular flexibility index (Phi) is 6.78. The highest BCUT2D eigenvalue weighted by Gasteiger charge is 2.89. The summed E-state index contributed by atoms with van der Waals surface area (Å²) in [5.41, 5.74) is -2.26. The first kappa shape index (κ1) is 26.6. The van der Waals surface area contributed by atoms with Crippen molar-refractivity contribution in [2.75, 3.05) is 5.32 Å². The van der Waals surface area contributed by atoms with Crippen LogP contribution in [0.4, 0.5) is 64.1 Å². The van der Waals surface area contributed by atoms with Gasteiger partial charge in [-0.25, -0.2) is 8.78 Å². The van der Waals surface area contributed by atoms with E-state index in [4.69, 9.17) is 11.6 Å². The molecule has 0 saturated carbocycles. The van der Waals surface area contributed by atoms with E-state index in [1.54, 1.807) is 0 Å². The Morgan fingerprint density at radius 3 is 1.84 bits per heavy atom. The second-order valence-corrected chi connectivity index (χ2v) is 6.00. The van der Waals surface area contributed by atoms with Crippen LogP contribution in [0.25, 0.3) is 0 Å². The molecule has 0 aromatic heterocycles. The van der Waals surface area contributed by atoms with E-state index in [1.807, 2.05) is 0 Å². The smallest absolute Gasteiger partial charge is 0.319 e. The van der Waals surface area contributed by atoms with E-state index in [0.717, 1.165) is 5.32 Å². The average Bonchev–Trinajstić information content (AvgIpc) is 2.62. The lowest BCUT2D eigenvalue weighted by Gasteiger charge is -2.38. The highest BCUT2D eigenvalue weighted by molar-refractivity contribution is 6.33. The first-order valence-electron chi connectivity index (χ1n) is 7.08. The van der Waals surface area contributed by atoms with Gasteiger partial charge in [0, 0.05) is 12.1 Å². The van der Waals surface area contributed by atoms with Crippen LogP contribution >= 0.6 is 11.6 Å². The Morgan fingerprint density at radius 2 is 1.42 bits per heavy atom. The third-order valence-electron chi connectivity index (χ3n) is 3.57. The Balaban J connectivity index is 3.43. The molecule has 0 fully saturated rings. The number of carbonyl (C=O) groups is 1. The summed E-state index contributed by atoms with van der Waals surface area (Å²) in [7, 11) is 0. The largest absolute Gasteiger partial charge is 0.393 e. The maximum absolute atomic E-state index is 13.7. The number of hydrogen-bond acceptors (Lipinski definition) is 3. The number of nitro benzene ring substituents is 1. The van der Waals surface area contributed by atoms with E-state index >= 15 is 0 Å². The third-order valence-corrected chi connectivity index (χ3v) is 3.90. The summed E-state index contributed by atoms with van der Waals surface area (Å²) in [4.78, 5) is 20.7. The second kappa shape index (κ2) is 7.90. The molecule has 1 aromatic carbocycles. The standard InChI is InChI=1S/C13H5ClF12N2O3/c14-5-2-1-4(28(30)31)3-6(5)27-8(29)10(19,20)12(23,24)13(25,26)11(21,22)9(17,18)7(15)16/h1-3,7H,(H,27,29). The van der Waals surface area contributed by atoms with Crippen molar-refractivity contribution in [3.05, 3.63) is 33.3 Å². The van der Waals surface area contributed by atoms with E-state index in [0.29, 0.717) is 12.1 Å². The van der Waals surface area contributed by atoms with Gasteiger partial charge in [0.15, 0.2) is 0 Å². The zero-order valence-corrected chi connectivity index (χ0v) is 14.7. The van der Waals surface area contributed by atoms with Crippen molar-refractivity contribution in [3.8, 4) is 0 Å². The van der Waals surface area contributed by atoms with Crippen molar-refractivity contribution >= 4 is 28.9 Å². The van der Waals surface area contributed by atoms with Crippen molar-refractivity contribution < 1.29 is 62.4 Å². The molecule has 18 heteroatoms. The minimum absolute atomic E-state index is 0.173. The fourth-order valence-corrected chi connectivity index (χ4v) is 1.97. The van der Waals surface area contributed by atoms with Crippen molar-refractivity contribution in [3.63, 3.8) is 0 Å². The third kappa shape index (κ3) is 4.06. The summed E-state index contributed by atoms with van der Waals surface area (Å²) in [5.74, 6) is -41.0. The zero-order chi connectivity index (χ0) is 24.8. The van der Waals surface area contributed by atoms with Gasteiger partial charge < -0.3 is 5.32 Å². The van der Waals surface area contributed by atoms with Crippen LogP contribution in [0, 0.1) is 10.1 Å². The predicted molar refractivity (Wildman–Crippen MR) is 77.5 cm³/mol. The lowest BCUT2D eigenvalue weighted by atomic mass is 9.94. The molecular formula is C13H5ClF12N2O3. The molecule has 31 heavy (non-hydrogen) atoms. The van der Waals surface area contributed by atoms with Crippen LogP contribution in [0.2, 0.25) is 5.02 Å². The molecule has 0 spiro atoms. The number of benzene rings is 1. The lowest BCUT2D eigenvalue weighted by Crippen LogP contribution is -2.70. The van der Waals surface area contributed by atoms with Gasteiger partial charge >= 0.3 is 41.9 Å². The number of nitrogens with one attached hydrogen (secondary N) is 1. The van der Waals surface area contributed by atoms with Crippen LogP contribution in [-0.4, -0.2) is 46.9 Å². The molecular weight excluding hydrogens is 496 g/mol. The fourth-order valence-electron chi connectivity index (χ4n) is 1.81. The van der Waals surface area contributed by atoms with Gasteiger partial charge in [-0.1, -0.05) is 11.6 Å². The van der Waals surface area contributed by atoms with Crippen LogP contribution < -0.4 is 5.32 Å². The van der Waals surface area contributed by atoms with E-state index in [2.05, 4.69) is 0 Å². The molecule has 0 radical (unpaired) electrons. The number of nitrogens with zero attached hydrogens (tertiary/aromatic N) is 1.